The van der Waals surface area contributed by atoms with Crippen LogP contribution in [-0.2, 0) is 0 Å². The highest BCUT2D eigenvalue weighted by Gasteiger charge is 1.93. The third-order valence-corrected chi connectivity index (χ3v) is 1.87. The Balaban J connectivity index is 0.000000720. The van der Waals surface area contributed by atoms with Gasteiger partial charge in [-0.15, -0.1) is 0 Å². The average molecular weight is 145 g/mol. The molecule has 1 nitrogen and oxygen atoms in total. The Morgan fingerprint density at radius 1 is 1.18 bits per heavy atom. The van der Waals surface area contributed by atoms with Gasteiger partial charge in [0.2, 0.25) is 0 Å². The Labute approximate surface area is 67.2 Å². The van der Waals surface area contributed by atoms with Crippen LogP contribution in [0.25, 0.3) is 10.8 Å². The zero-order valence-electron chi connectivity index (χ0n) is 6.41. The van der Waals surface area contributed by atoms with Crippen LogP contribution in [0, 0.1) is 6.92 Å². The molecular weight excluding hydrogens is 134 g/mol. The molecule has 11 heavy (non-hydrogen) atoms. The van der Waals surface area contributed by atoms with E-state index >= 15 is 0 Å². The number of fused-ring (bicyclic) bond motifs is 1. The number of aromatic nitrogens is 1. The topological polar surface area (TPSA) is 12.9 Å². The standard InChI is InChI=1S/C10H9N.H2/c1-8-10-5-3-2-4-9(10)6-7-11-8;/h2-7H,1H3;1H. The minimum Gasteiger partial charge on any atom is -0.261 e. The number of rotatable bonds is 0. The molecule has 0 fully saturated rings. The summed E-state index contributed by atoms with van der Waals surface area (Å²) in [6.45, 7) is 2.03. The Hall–Kier alpha value is -1.37. The summed E-state index contributed by atoms with van der Waals surface area (Å²) in [5.41, 5.74) is 1.10. The van der Waals surface area contributed by atoms with E-state index in [-0.39, 0.29) is 1.43 Å². The van der Waals surface area contributed by atoms with E-state index in [0.717, 1.165) is 5.69 Å². The van der Waals surface area contributed by atoms with Gasteiger partial charge >= 0.3 is 0 Å². The molecule has 0 aliphatic rings. The zero-order valence-corrected chi connectivity index (χ0v) is 6.41. The third kappa shape index (κ3) is 0.984. The molecule has 0 aliphatic carbocycles. The highest BCUT2D eigenvalue weighted by Crippen LogP contribution is 2.14. The maximum absolute atomic E-state index is 4.21. The van der Waals surface area contributed by atoms with E-state index in [9.17, 15) is 0 Å². The molecule has 0 aliphatic heterocycles. The summed E-state index contributed by atoms with van der Waals surface area (Å²) in [6.07, 6.45) is 1.84. The van der Waals surface area contributed by atoms with Crippen molar-refractivity contribution < 1.29 is 1.43 Å². The number of nitrogens with zero attached hydrogens (tertiary/aromatic N) is 1. The van der Waals surface area contributed by atoms with E-state index in [1.165, 1.54) is 10.8 Å². The predicted octanol–water partition coefficient (Wildman–Crippen LogP) is 2.79. The number of pyridine rings is 1. The van der Waals surface area contributed by atoms with Crippen molar-refractivity contribution in [2.75, 3.05) is 0 Å². The van der Waals surface area contributed by atoms with Crippen LogP contribution < -0.4 is 0 Å². The van der Waals surface area contributed by atoms with E-state index in [1.807, 2.05) is 31.3 Å². The monoisotopic (exact) mass is 145 g/mol. The second-order valence-corrected chi connectivity index (χ2v) is 2.62. The molecule has 0 atom stereocenters. The lowest BCUT2D eigenvalue weighted by Gasteiger charge is -1.97. The van der Waals surface area contributed by atoms with Crippen molar-refractivity contribution in [2.24, 2.45) is 0 Å². The Bertz CT molecular complexity index is 379. The van der Waals surface area contributed by atoms with Gasteiger partial charge in [-0.25, -0.2) is 0 Å². The van der Waals surface area contributed by atoms with Gasteiger partial charge in [0.05, 0.1) is 0 Å². The van der Waals surface area contributed by atoms with Crippen molar-refractivity contribution in [3.05, 3.63) is 42.2 Å². The van der Waals surface area contributed by atoms with Crippen molar-refractivity contribution in [3.8, 4) is 0 Å². The van der Waals surface area contributed by atoms with Crippen molar-refractivity contribution in [1.29, 1.82) is 0 Å². The first-order valence-electron chi connectivity index (χ1n) is 3.68. The summed E-state index contributed by atoms with van der Waals surface area (Å²) in [7, 11) is 0. The summed E-state index contributed by atoms with van der Waals surface area (Å²) in [6, 6.07) is 10.3. The molecule has 1 heteroatoms. The maximum atomic E-state index is 4.21. The lowest BCUT2D eigenvalue weighted by atomic mass is 10.1. The van der Waals surface area contributed by atoms with Crippen molar-refractivity contribution in [1.82, 2.24) is 4.98 Å². The smallest absolute Gasteiger partial charge is 0.0450 e. The largest absolute Gasteiger partial charge is 0.261 e. The second-order valence-electron chi connectivity index (χ2n) is 2.62. The highest BCUT2D eigenvalue weighted by molar-refractivity contribution is 5.83. The van der Waals surface area contributed by atoms with Gasteiger partial charge in [0.1, 0.15) is 0 Å². The van der Waals surface area contributed by atoms with Gasteiger partial charge in [0.15, 0.2) is 0 Å². The van der Waals surface area contributed by atoms with E-state index in [1.54, 1.807) is 0 Å². The van der Waals surface area contributed by atoms with Crippen LogP contribution in [0.15, 0.2) is 36.5 Å². The molecule has 1 aromatic heterocycles. The molecule has 1 heterocycles. The van der Waals surface area contributed by atoms with E-state index < -0.39 is 0 Å². The van der Waals surface area contributed by atoms with Crippen molar-refractivity contribution >= 4 is 10.8 Å². The molecule has 2 rings (SSSR count). The Kier molecular flexibility index (Phi) is 1.35. The first-order chi connectivity index (χ1) is 5.38. The van der Waals surface area contributed by atoms with E-state index in [4.69, 9.17) is 0 Å². The number of hydrogen-bond acceptors (Lipinski definition) is 1. The number of hydrogen-bond donors (Lipinski definition) is 0. The molecule has 56 valence electrons. The first kappa shape index (κ1) is 6.35. The lowest BCUT2D eigenvalue weighted by Crippen LogP contribution is -1.80. The van der Waals surface area contributed by atoms with Crippen LogP contribution in [0.3, 0.4) is 0 Å². The summed E-state index contributed by atoms with van der Waals surface area (Å²) in [4.78, 5) is 4.21. The predicted molar refractivity (Wildman–Crippen MR) is 48.6 cm³/mol. The minimum atomic E-state index is 0. The zero-order chi connectivity index (χ0) is 7.68. The van der Waals surface area contributed by atoms with Crippen LogP contribution in [0.5, 0.6) is 0 Å². The fourth-order valence-corrected chi connectivity index (χ4v) is 1.27. The average Bonchev–Trinajstić information content (AvgIpc) is 2.06. The fraction of sp³-hybridized carbons (Fsp3) is 0.100. The lowest BCUT2D eigenvalue weighted by molar-refractivity contribution is 1.24. The first-order valence-corrected chi connectivity index (χ1v) is 3.68. The molecule has 0 amide bonds. The summed E-state index contributed by atoms with van der Waals surface area (Å²) in [5.74, 6) is 0. The molecule has 0 N–H and O–H groups in total. The van der Waals surface area contributed by atoms with Crippen LogP contribution in [0.4, 0.5) is 0 Å². The number of benzene rings is 1. The molecule has 0 radical (unpaired) electrons. The number of aryl methyl sites for hydroxylation is 1. The van der Waals surface area contributed by atoms with Gasteiger partial charge in [-0.1, -0.05) is 24.3 Å². The van der Waals surface area contributed by atoms with Gasteiger partial charge in [0, 0.05) is 18.7 Å². The quantitative estimate of drug-likeness (QED) is 0.555. The summed E-state index contributed by atoms with van der Waals surface area (Å²) >= 11 is 0. The SMILES string of the molecule is Cc1nccc2ccccc12.[HH]. The van der Waals surface area contributed by atoms with Crippen LogP contribution in [0.2, 0.25) is 0 Å². The third-order valence-electron chi connectivity index (χ3n) is 1.87. The molecular formula is C10H11N. The van der Waals surface area contributed by atoms with Crippen LogP contribution >= 0.6 is 0 Å². The van der Waals surface area contributed by atoms with Crippen LogP contribution in [0.1, 0.15) is 7.12 Å². The van der Waals surface area contributed by atoms with Gasteiger partial charge in [-0.2, -0.15) is 0 Å². The molecule has 1 aromatic carbocycles. The normalized spacial score (nSPS) is 10.3. The van der Waals surface area contributed by atoms with Crippen LogP contribution in [-0.4, -0.2) is 4.98 Å². The van der Waals surface area contributed by atoms with E-state index in [0.29, 0.717) is 0 Å². The van der Waals surface area contributed by atoms with Gasteiger partial charge in [0.25, 0.3) is 0 Å². The molecule has 0 spiro atoms. The Morgan fingerprint density at radius 2 is 2.00 bits per heavy atom. The molecule has 0 bridgehead atoms. The minimum absolute atomic E-state index is 0. The summed E-state index contributed by atoms with van der Waals surface area (Å²) < 4.78 is 0. The van der Waals surface area contributed by atoms with Gasteiger partial charge in [-0.05, 0) is 18.4 Å². The molecule has 2 aromatic rings. The van der Waals surface area contributed by atoms with E-state index in [2.05, 4.69) is 17.1 Å². The highest BCUT2D eigenvalue weighted by atomic mass is 14.7. The Morgan fingerprint density at radius 3 is 2.82 bits per heavy atom. The fourth-order valence-electron chi connectivity index (χ4n) is 1.27. The molecule has 0 saturated heterocycles. The molecule has 0 unspecified atom stereocenters. The maximum Gasteiger partial charge on any atom is 0.0450 e. The second kappa shape index (κ2) is 2.35. The van der Waals surface area contributed by atoms with Gasteiger partial charge < -0.3 is 0 Å². The van der Waals surface area contributed by atoms with Crippen molar-refractivity contribution in [3.63, 3.8) is 0 Å². The van der Waals surface area contributed by atoms with Crippen molar-refractivity contribution in [2.45, 2.75) is 6.92 Å². The molecule has 0 saturated carbocycles. The summed E-state index contributed by atoms with van der Waals surface area (Å²) in [5, 5.41) is 2.51. The van der Waals surface area contributed by atoms with Gasteiger partial charge in [-0.3, -0.25) is 4.98 Å².